The Bertz CT molecular complexity index is 161. The van der Waals surface area contributed by atoms with Crippen LogP contribution in [0.4, 0.5) is 0 Å². The molecule has 0 heterocycles. The second kappa shape index (κ2) is 13.1. The Labute approximate surface area is 119 Å². The Kier molecular flexibility index (Phi) is 23.9. The van der Waals surface area contributed by atoms with Crippen molar-refractivity contribution in [1.82, 2.24) is 0 Å². The molecule has 74 valence electrons. The summed E-state index contributed by atoms with van der Waals surface area (Å²) in [6.07, 6.45) is 1.22. The molecule has 0 aliphatic carbocycles. The van der Waals surface area contributed by atoms with Crippen LogP contribution in [0.5, 0.6) is 0 Å². The maximum Gasteiger partial charge on any atom is 4.00 e. The summed E-state index contributed by atoms with van der Waals surface area (Å²) < 4.78 is 0. The van der Waals surface area contributed by atoms with Crippen molar-refractivity contribution in [3.05, 3.63) is 29.8 Å². The fraction of sp³-hybridized carbons (Fsp3) is 0.444. The van der Waals surface area contributed by atoms with Gasteiger partial charge in [0, 0.05) is 0 Å². The zero-order chi connectivity index (χ0) is 6.69. The Morgan fingerprint density at radius 3 is 1.69 bits per heavy atom. The number of hydrogen-bond acceptors (Lipinski definition) is 0. The van der Waals surface area contributed by atoms with Gasteiger partial charge in [0.1, 0.15) is 0 Å². The fourth-order valence-corrected chi connectivity index (χ4v) is 1.02. The van der Waals surface area contributed by atoms with Crippen LogP contribution in [0, 0.1) is 5.92 Å². The molecule has 1 aromatic rings. The fourth-order valence-electron chi connectivity index (χ4n) is 1.02. The molecule has 0 aromatic heterocycles. The van der Waals surface area contributed by atoms with E-state index in [9.17, 15) is 0 Å². The van der Waals surface area contributed by atoms with Crippen LogP contribution < -0.4 is 37.2 Å². The summed E-state index contributed by atoms with van der Waals surface area (Å²) in [5.41, 5.74) is 1.46. The smallest absolute Gasteiger partial charge is 1.00 e. The first kappa shape index (κ1) is 23.7. The third kappa shape index (κ3) is 11.0. The van der Waals surface area contributed by atoms with Crippen LogP contribution in [0.1, 0.15) is 19.4 Å². The Balaban J connectivity index is -0.000000101. The van der Waals surface area contributed by atoms with Gasteiger partial charge in [0.2, 0.25) is 0 Å². The molecule has 13 heavy (non-hydrogen) atoms. The largest absolute Gasteiger partial charge is 4.00 e. The van der Waals surface area contributed by atoms with E-state index in [1.165, 1.54) is 12.0 Å². The third-order valence-electron chi connectivity index (χ3n) is 1.38. The normalized spacial score (nSPS) is 7.31. The van der Waals surface area contributed by atoms with Crippen molar-refractivity contribution in [3.8, 4) is 0 Å². The molecule has 0 saturated carbocycles. The summed E-state index contributed by atoms with van der Waals surface area (Å²) in [6, 6.07) is 8.55. The summed E-state index contributed by atoms with van der Waals surface area (Å²) >= 11 is 0. The molecule has 0 fully saturated rings. The average Bonchev–Trinajstić information content (AvgIpc) is 2.15. The first-order valence-electron chi connectivity index (χ1n) is 3.49. The minimum absolute atomic E-state index is 0. The Morgan fingerprint density at radius 2 is 1.38 bits per heavy atom. The van der Waals surface area contributed by atoms with Crippen molar-refractivity contribution >= 4 is 0 Å². The molecule has 1 aromatic carbocycles. The van der Waals surface area contributed by atoms with Crippen molar-refractivity contribution in [3.63, 3.8) is 0 Å². The summed E-state index contributed by atoms with van der Waals surface area (Å²) in [7, 11) is 0. The maximum atomic E-state index is 2.24. The molecule has 0 saturated heterocycles. The van der Waals surface area contributed by atoms with Crippen molar-refractivity contribution in [2.24, 2.45) is 5.92 Å². The molecular formula is C9H13Cl3Zr. The molecule has 0 unspecified atom stereocenters. The summed E-state index contributed by atoms with van der Waals surface area (Å²) in [6.45, 7) is 4.49. The maximum absolute atomic E-state index is 2.24. The topological polar surface area (TPSA) is 0 Å². The van der Waals surface area contributed by atoms with Gasteiger partial charge in [-0.05, 0) is 0 Å². The minimum atomic E-state index is 0. The molecule has 0 aliphatic rings. The number of halogens is 3. The standard InChI is InChI=1S/C9H13.3ClH.Zr/c1-8(2)7-9-5-3-4-6-9;;;;/h3-6,8H,7H2,1-2H3;3*1H;/q-1;;;;+4/p-3. The van der Waals surface area contributed by atoms with Gasteiger partial charge in [-0.3, -0.25) is 0 Å². The van der Waals surface area contributed by atoms with E-state index in [1.807, 2.05) is 0 Å². The molecule has 0 nitrogen and oxygen atoms in total. The van der Waals surface area contributed by atoms with Crippen molar-refractivity contribution in [2.45, 2.75) is 20.3 Å². The van der Waals surface area contributed by atoms with E-state index in [-0.39, 0.29) is 63.4 Å². The van der Waals surface area contributed by atoms with Gasteiger partial charge in [-0.15, -0.1) is 0 Å². The molecule has 0 bridgehead atoms. The van der Waals surface area contributed by atoms with Gasteiger partial charge in [0.25, 0.3) is 0 Å². The van der Waals surface area contributed by atoms with Gasteiger partial charge in [-0.2, -0.15) is 17.7 Å². The molecule has 0 spiro atoms. The third-order valence-corrected chi connectivity index (χ3v) is 1.38. The molecule has 0 aliphatic heterocycles. The zero-order valence-corrected chi connectivity index (χ0v) is 12.5. The summed E-state index contributed by atoms with van der Waals surface area (Å²) in [5.74, 6) is 0.785. The average molecular weight is 319 g/mol. The first-order valence-corrected chi connectivity index (χ1v) is 3.49. The molecule has 0 radical (unpaired) electrons. The Morgan fingerprint density at radius 1 is 1.00 bits per heavy atom. The quantitative estimate of drug-likeness (QED) is 0.476. The molecular weight excluding hydrogens is 306 g/mol. The van der Waals surface area contributed by atoms with Crippen LogP contribution in [0.2, 0.25) is 0 Å². The van der Waals surface area contributed by atoms with Gasteiger partial charge in [0.05, 0.1) is 0 Å². The number of rotatable bonds is 2. The van der Waals surface area contributed by atoms with Gasteiger partial charge in [-0.25, -0.2) is 12.1 Å². The van der Waals surface area contributed by atoms with E-state index >= 15 is 0 Å². The molecule has 0 N–H and O–H groups in total. The van der Waals surface area contributed by atoms with E-state index in [4.69, 9.17) is 0 Å². The minimum Gasteiger partial charge on any atom is -1.00 e. The zero-order valence-electron chi connectivity index (χ0n) is 7.73. The van der Waals surface area contributed by atoms with Gasteiger partial charge >= 0.3 is 26.2 Å². The Hall–Kier alpha value is 1.10. The molecule has 0 amide bonds. The predicted molar refractivity (Wildman–Crippen MR) is 40.6 cm³/mol. The van der Waals surface area contributed by atoms with E-state index in [0.717, 1.165) is 5.92 Å². The van der Waals surface area contributed by atoms with Crippen LogP contribution >= 0.6 is 0 Å². The SMILES string of the molecule is CC(C)C[c-]1cccc1.[Cl-].[Cl-].[Cl-].[Zr+4]. The van der Waals surface area contributed by atoms with Gasteiger partial charge in [0.15, 0.2) is 0 Å². The summed E-state index contributed by atoms with van der Waals surface area (Å²) in [5, 5.41) is 0. The van der Waals surface area contributed by atoms with Crippen LogP contribution in [-0.2, 0) is 32.6 Å². The first-order chi connectivity index (χ1) is 4.29. The van der Waals surface area contributed by atoms with E-state index < -0.39 is 0 Å². The second-order valence-electron chi connectivity index (χ2n) is 2.89. The van der Waals surface area contributed by atoms with Crippen molar-refractivity contribution in [1.29, 1.82) is 0 Å². The number of hydrogen-bond donors (Lipinski definition) is 0. The van der Waals surface area contributed by atoms with Crippen LogP contribution in [0.15, 0.2) is 24.3 Å². The van der Waals surface area contributed by atoms with E-state index in [1.54, 1.807) is 0 Å². The second-order valence-corrected chi connectivity index (χ2v) is 2.89. The summed E-state index contributed by atoms with van der Waals surface area (Å²) in [4.78, 5) is 0. The molecule has 4 heteroatoms. The van der Waals surface area contributed by atoms with Crippen LogP contribution in [0.3, 0.4) is 0 Å². The van der Waals surface area contributed by atoms with E-state index in [0.29, 0.717) is 0 Å². The molecule has 0 atom stereocenters. The van der Waals surface area contributed by atoms with E-state index in [2.05, 4.69) is 38.1 Å². The monoisotopic (exact) mass is 316 g/mol. The molecule has 1 rings (SSSR count). The van der Waals surface area contributed by atoms with Crippen molar-refractivity contribution < 1.29 is 63.4 Å². The van der Waals surface area contributed by atoms with Crippen molar-refractivity contribution in [2.75, 3.05) is 0 Å². The van der Waals surface area contributed by atoms with Crippen LogP contribution in [0.25, 0.3) is 0 Å². The van der Waals surface area contributed by atoms with Crippen LogP contribution in [-0.4, -0.2) is 0 Å². The van der Waals surface area contributed by atoms with Gasteiger partial charge < -0.3 is 37.2 Å². The van der Waals surface area contributed by atoms with Gasteiger partial charge in [-0.1, -0.05) is 26.2 Å². The predicted octanol–water partition coefficient (Wildman–Crippen LogP) is -6.39.